The largest absolute Gasteiger partial charge is 0.315 e. The third kappa shape index (κ3) is 2.93. The monoisotopic (exact) mass is 333 g/mol. The van der Waals surface area contributed by atoms with Crippen molar-refractivity contribution in [2.75, 3.05) is 5.75 Å². The number of amides is 3. The fraction of sp³-hybridized carbons (Fsp3) is 0.438. The lowest BCUT2D eigenvalue weighted by atomic mass is 10.1. The highest BCUT2D eigenvalue weighted by atomic mass is 32.2. The first-order chi connectivity index (χ1) is 10.9. The second-order valence-corrected chi connectivity index (χ2v) is 7.58. The molecule has 0 unspecified atom stereocenters. The van der Waals surface area contributed by atoms with Gasteiger partial charge in [-0.3, -0.25) is 25.2 Å². The van der Waals surface area contributed by atoms with Gasteiger partial charge in [-0.25, -0.2) is 0 Å². The van der Waals surface area contributed by atoms with Crippen LogP contribution in [-0.2, 0) is 9.59 Å². The van der Waals surface area contributed by atoms with Crippen LogP contribution in [0.5, 0.6) is 0 Å². The molecule has 0 spiro atoms. The van der Waals surface area contributed by atoms with Gasteiger partial charge in [0.1, 0.15) is 6.04 Å². The Labute approximate surface area is 139 Å². The molecule has 6 nitrogen and oxygen atoms in total. The standard InChI is InChI=1S/C16H19N3O3S/c1-10-3-5-11(6-4-10)14(21)17-18-15(22)12-9-23-16(2)8-7-13(20)19(12)16/h3-6,12H,7-9H2,1-2H3,(H,17,21)(H,18,22)/t12-,16+/m0/s1. The van der Waals surface area contributed by atoms with Gasteiger partial charge in [-0.15, -0.1) is 11.8 Å². The summed E-state index contributed by atoms with van der Waals surface area (Å²) in [5.41, 5.74) is 6.39. The van der Waals surface area contributed by atoms with Crippen LogP contribution < -0.4 is 10.9 Å². The number of carbonyl (C=O) groups excluding carboxylic acids is 3. The summed E-state index contributed by atoms with van der Waals surface area (Å²) in [4.78, 5) is 37.7. The quantitative estimate of drug-likeness (QED) is 0.798. The summed E-state index contributed by atoms with van der Waals surface area (Å²) in [6.07, 6.45) is 1.24. The van der Waals surface area contributed by atoms with Crippen molar-refractivity contribution >= 4 is 29.5 Å². The summed E-state index contributed by atoms with van der Waals surface area (Å²) >= 11 is 1.62. The predicted molar refractivity (Wildman–Crippen MR) is 87.5 cm³/mol. The van der Waals surface area contributed by atoms with E-state index in [1.807, 2.05) is 26.0 Å². The molecule has 7 heteroatoms. The number of hydrogen-bond acceptors (Lipinski definition) is 4. The van der Waals surface area contributed by atoms with Crippen LogP contribution in [0, 0.1) is 6.92 Å². The van der Waals surface area contributed by atoms with Crippen molar-refractivity contribution in [2.24, 2.45) is 0 Å². The molecule has 2 aliphatic heterocycles. The molecule has 3 rings (SSSR count). The van der Waals surface area contributed by atoms with Crippen LogP contribution in [-0.4, -0.2) is 39.3 Å². The zero-order valence-corrected chi connectivity index (χ0v) is 13.9. The number of carbonyl (C=O) groups is 3. The summed E-state index contributed by atoms with van der Waals surface area (Å²) < 4.78 is 0. The molecule has 23 heavy (non-hydrogen) atoms. The Hall–Kier alpha value is -2.02. The minimum absolute atomic E-state index is 0.00233. The third-order valence-electron chi connectivity index (χ3n) is 4.36. The van der Waals surface area contributed by atoms with E-state index in [0.717, 1.165) is 12.0 Å². The molecule has 1 aromatic rings. The lowest BCUT2D eigenvalue weighted by Crippen LogP contribution is -2.54. The zero-order chi connectivity index (χ0) is 16.6. The molecule has 0 bridgehead atoms. The molecule has 0 saturated carbocycles. The number of rotatable bonds is 2. The van der Waals surface area contributed by atoms with Crippen LogP contribution >= 0.6 is 11.8 Å². The summed E-state index contributed by atoms with van der Waals surface area (Å²) in [6.45, 7) is 3.92. The van der Waals surface area contributed by atoms with Crippen LogP contribution in [0.1, 0.15) is 35.7 Å². The van der Waals surface area contributed by atoms with E-state index < -0.39 is 6.04 Å². The van der Waals surface area contributed by atoms with Crippen molar-refractivity contribution < 1.29 is 14.4 Å². The molecule has 2 atom stereocenters. The van der Waals surface area contributed by atoms with E-state index in [0.29, 0.717) is 17.7 Å². The van der Waals surface area contributed by atoms with Gasteiger partial charge in [-0.1, -0.05) is 17.7 Å². The van der Waals surface area contributed by atoms with E-state index in [1.54, 1.807) is 28.8 Å². The Kier molecular flexibility index (Phi) is 4.06. The number of benzene rings is 1. The highest BCUT2D eigenvalue weighted by Gasteiger charge is 2.52. The van der Waals surface area contributed by atoms with Gasteiger partial charge in [0.2, 0.25) is 5.91 Å². The van der Waals surface area contributed by atoms with Gasteiger partial charge < -0.3 is 4.90 Å². The normalized spacial score (nSPS) is 26.1. The molecule has 0 aliphatic carbocycles. The highest BCUT2D eigenvalue weighted by molar-refractivity contribution is 8.01. The molecule has 3 amide bonds. The Morgan fingerprint density at radius 2 is 1.96 bits per heavy atom. The molecule has 2 N–H and O–H groups in total. The number of fused-ring (bicyclic) bond motifs is 1. The summed E-state index contributed by atoms with van der Waals surface area (Å²) in [6, 6.07) is 6.53. The molecular weight excluding hydrogens is 314 g/mol. The number of nitrogens with zero attached hydrogens (tertiary/aromatic N) is 1. The molecule has 2 saturated heterocycles. The maximum absolute atomic E-state index is 12.3. The number of hydrazine groups is 1. The van der Waals surface area contributed by atoms with Crippen LogP contribution in [0.4, 0.5) is 0 Å². The lowest BCUT2D eigenvalue weighted by molar-refractivity contribution is -0.138. The molecule has 0 radical (unpaired) electrons. The fourth-order valence-corrected chi connectivity index (χ4v) is 4.43. The molecule has 0 aromatic heterocycles. The number of aryl methyl sites for hydroxylation is 1. The highest BCUT2D eigenvalue weighted by Crippen LogP contribution is 2.47. The number of hydrogen-bond donors (Lipinski definition) is 2. The second-order valence-electron chi connectivity index (χ2n) is 6.07. The van der Waals surface area contributed by atoms with E-state index in [-0.39, 0.29) is 22.6 Å². The van der Waals surface area contributed by atoms with E-state index in [9.17, 15) is 14.4 Å². The van der Waals surface area contributed by atoms with Gasteiger partial charge in [0.15, 0.2) is 0 Å². The average molecular weight is 333 g/mol. The lowest BCUT2D eigenvalue weighted by Gasteiger charge is -2.29. The van der Waals surface area contributed by atoms with E-state index in [1.165, 1.54) is 0 Å². The summed E-state index contributed by atoms with van der Waals surface area (Å²) in [7, 11) is 0. The van der Waals surface area contributed by atoms with Gasteiger partial charge in [0, 0.05) is 17.7 Å². The number of thioether (sulfide) groups is 1. The maximum Gasteiger partial charge on any atom is 0.269 e. The van der Waals surface area contributed by atoms with Gasteiger partial charge in [0.05, 0.1) is 4.87 Å². The third-order valence-corrected chi connectivity index (χ3v) is 5.87. The first-order valence-corrected chi connectivity index (χ1v) is 8.52. The van der Waals surface area contributed by atoms with Crippen LogP contribution in [0.2, 0.25) is 0 Å². The first-order valence-electron chi connectivity index (χ1n) is 7.54. The topological polar surface area (TPSA) is 78.5 Å². The fourth-order valence-electron chi connectivity index (χ4n) is 2.99. The van der Waals surface area contributed by atoms with Gasteiger partial charge in [0.25, 0.3) is 11.8 Å². The Bertz CT molecular complexity index is 661. The molecule has 1 aromatic carbocycles. The Morgan fingerprint density at radius 1 is 1.26 bits per heavy atom. The Balaban J connectivity index is 1.60. The van der Waals surface area contributed by atoms with Gasteiger partial charge in [-0.2, -0.15) is 0 Å². The minimum Gasteiger partial charge on any atom is -0.315 e. The summed E-state index contributed by atoms with van der Waals surface area (Å²) in [5.74, 6) is -0.173. The average Bonchev–Trinajstić information content (AvgIpc) is 3.02. The minimum atomic E-state index is -0.529. The first kappa shape index (κ1) is 15.9. The van der Waals surface area contributed by atoms with Crippen molar-refractivity contribution in [3.8, 4) is 0 Å². The van der Waals surface area contributed by atoms with Crippen LogP contribution in [0.15, 0.2) is 24.3 Å². The number of nitrogens with one attached hydrogen (secondary N) is 2. The molecule has 2 fully saturated rings. The molecular formula is C16H19N3O3S. The van der Waals surface area contributed by atoms with Gasteiger partial charge in [-0.05, 0) is 32.4 Å². The molecule has 2 heterocycles. The maximum atomic E-state index is 12.3. The second kappa shape index (κ2) is 5.88. The van der Waals surface area contributed by atoms with Crippen molar-refractivity contribution in [1.82, 2.24) is 15.8 Å². The Morgan fingerprint density at radius 3 is 2.65 bits per heavy atom. The van der Waals surface area contributed by atoms with Crippen molar-refractivity contribution in [1.29, 1.82) is 0 Å². The van der Waals surface area contributed by atoms with Crippen molar-refractivity contribution in [3.63, 3.8) is 0 Å². The summed E-state index contributed by atoms with van der Waals surface area (Å²) in [5, 5.41) is 0. The van der Waals surface area contributed by atoms with Crippen molar-refractivity contribution in [2.45, 2.75) is 37.6 Å². The SMILES string of the molecule is Cc1ccc(C(=O)NNC(=O)[C@@H]2CS[C@]3(C)CCC(=O)N23)cc1. The molecule has 122 valence electrons. The van der Waals surface area contributed by atoms with Crippen LogP contribution in [0.25, 0.3) is 0 Å². The van der Waals surface area contributed by atoms with E-state index in [4.69, 9.17) is 0 Å². The predicted octanol–water partition coefficient (Wildman–Crippen LogP) is 1.21. The molecule has 2 aliphatic rings. The zero-order valence-electron chi connectivity index (χ0n) is 13.1. The smallest absolute Gasteiger partial charge is 0.269 e. The van der Waals surface area contributed by atoms with Gasteiger partial charge >= 0.3 is 0 Å². The van der Waals surface area contributed by atoms with Crippen LogP contribution in [0.3, 0.4) is 0 Å². The van der Waals surface area contributed by atoms with E-state index in [2.05, 4.69) is 10.9 Å². The van der Waals surface area contributed by atoms with Crippen molar-refractivity contribution in [3.05, 3.63) is 35.4 Å². The van der Waals surface area contributed by atoms with E-state index >= 15 is 0 Å².